The molecule has 0 spiro atoms. The average molecular weight is 377 g/mol. The van der Waals surface area contributed by atoms with Crippen LogP contribution in [-0.4, -0.2) is 21.2 Å². The lowest BCUT2D eigenvalue weighted by molar-refractivity contribution is 0.0730. The van der Waals surface area contributed by atoms with E-state index in [1.165, 1.54) is 17.8 Å². The maximum atomic E-state index is 13.5. The highest BCUT2D eigenvalue weighted by Crippen LogP contribution is 2.52. The van der Waals surface area contributed by atoms with Gasteiger partial charge in [-0.3, -0.25) is 4.98 Å². The zero-order valence-electron chi connectivity index (χ0n) is 14.8. The third kappa shape index (κ3) is 3.64. The number of aromatic nitrogens is 1. The Labute approximate surface area is 160 Å². The van der Waals surface area contributed by atoms with Gasteiger partial charge in [0.05, 0.1) is 12.3 Å². The highest BCUT2D eigenvalue weighted by molar-refractivity contribution is 5.85. The van der Waals surface area contributed by atoms with Crippen molar-refractivity contribution in [2.45, 2.75) is 62.1 Å². The zero-order valence-corrected chi connectivity index (χ0v) is 15.6. The second kappa shape index (κ2) is 7.63. The second-order valence-electron chi connectivity index (χ2n) is 7.74. The summed E-state index contributed by atoms with van der Waals surface area (Å²) in [4.78, 5) is 3.89. The summed E-state index contributed by atoms with van der Waals surface area (Å²) in [6, 6.07) is 12.0. The van der Waals surface area contributed by atoms with Gasteiger partial charge in [0.25, 0.3) is 0 Å². The van der Waals surface area contributed by atoms with Gasteiger partial charge in [0, 0.05) is 22.8 Å². The first-order valence-electron chi connectivity index (χ1n) is 9.23. The van der Waals surface area contributed by atoms with Gasteiger partial charge in [-0.15, -0.1) is 12.4 Å². The Morgan fingerprint density at radius 3 is 2.54 bits per heavy atom. The lowest BCUT2D eigenvalue weighted by Crippen LogP contribution is -2.46. The number of benzene rings is 1. The molecular weight excluding hydrogens is 351 g/mol. The summed E-state index contributed by atoms with van der Waals surface area (Å²) in [5, 5.41) is 14.6. The standard InChI is InChI=1S/C21H25FN2O.ClH/c22-18-13-17(14-23-15-18)19(25)21-11-9-20(24-21,10-12-21)8-4-7-16-5-2-1-3-6-16;/h1-3,5-6,13-15,19,24-25H,4,7-12H2;1H/t19-,20?,21?;/m0./s1. The van der Waals surface area contributed by atoms with E-state index in [1.807, 2.05) is 0 Å². The Kier molecular flexibility index (Phi) is 5.66. The maximum Gasteiger partial charge on any atom is 0.141 e. The smallest absolute Gasteiger partial charge is 0.141 e. The number of pyridine rings is 1. The lowest BCUT2D eigenvalue weighted by Gasteiger charge is -2.32. The van der Waals surface area contributed by atoms with E-state index in [4.69, 9.17) is 0 Å². The molecule has 2 fully saturated rings. The van der Waals surface area contributed by atoms with Crippen molar-refractivity contribution < 1.29 is 9.50 Å². The highest BCUT2D eigenvalue weighted by Gasteiger charge is 2.56. The number of fused-ring (bicyclic) bond motifs is 2. The van der Waals surface area contributed by atoms with E-state index < -0.39 is 11.9 Å². The molecule has 1 atom stereocenters. The SMILES string of the molecule is Cl.O[C@@H](c1cncc(F)c1)C12CCC(CCCc3ccccc3)(CC1)N2. The minimum atomic E-state index is -0.700. The maximum absolute atomic E-state index is 13.5. The van der Waals surface area contributed by atoms with Crippen LogP contribution in [-0.2, 0) is 6.42 Å². The summed E-state index contributed by atoms with van der Waals surface area (Å²) in [5.41, 5.74) is 1.78. The first kappa shape index (κ1) is 19.3. The molecule has 26 heavy (non-hydrogen) atoms. The van der Waals surface area contributed by atoms with E-state index in [-0.39, 0.29) is 23.5 Å². The molecule has 0 unspecified atom stereocenters. The normalized spacial score (nSPS) is 27.9. The molecule has 0 saturated carbocycles. The molecule has 2 aliphatic heterocycles. The van der Waals surface area contributed by atoms with Crippen LogP contribution in [0.15, 0.2) is 48.8 Å². The van der Waals surface area contributed by atoms with E-state index in [2.05, 4.69) is 40.6 Å². The average Bonchev–Trinajstić information content (AvgIpc) is 3.19. The van der Waals surface area contributed by atoms with Crippen molar-refractivity contribution in [3.63, 3.8) is 0 Å². The molecule has 4 rings (SSSR count). The van der Waals surface area contributed by atoms with Crippen molar-refractivity contribution in [1.82, 2.24) is 10.3 Å². The van der Waals surface area contributed by atoms with E-state index >= 15 is 0 Å². The van der Waals surface area contributed by atoms with Crippen LogP contribution in [0.3, 0.4) is 0 Å². The number of aryl methyl sites for hydroxylation is 1. The summed E-state index contributed by atoms with van der Waals surface area (Å²) >= 11 is 0. The first-order chi connectivity index (χ1) is 12.1. The van der Waals surface area contributed by atoms with Crippen molar-refractivity contribution >= 4 is 12.4 Å². The van der Waals surface area contributed by atoms with Gasteiger partial charge in [-0.1, -0.05) is 30.3 Å². The largest absolute Gasteiger partial charge is 0.386 e. The third-order valence-corrected chi connectivity index (χ3v) is 6.14. The number of aliphatic hydroxyl groups excluding tert-OH is 1. The first-order valence-corrected chi connectivity index (χ1v) is 9.23. The van der Waals surface area contributed by atoms with Crippen LogP contribution in [0.25, 0.3) is 0 Å². The molecule has 3 heterocycles. The fourth-order valence-electron chi connectivity index (χ4n) is 4.78. The number of nitrogens with zero attached hydrogens (tertiary/aromatic N) is 1. The van der Waals surface area contributed by atoms with Crippen LogP contribution in [0.5, 0.6) is 0 Å². The van der Waals surface area contributed by atoms with E-state index in [9.17, 15) is 9.50 Å². The Balaban J connectivity index is 0.00000196. The Morgan fingerprint density at radius 1 is 1.12 bits per heavy atom. The molecule has 2 aliphatic rings. The number of aliphatic hydroxyl groups is 1. The molecule has 1 aromatic heterocycles. The fourth-order valence-corrected chi connectivity index (χ4v) is 4.78. The van der Waals surface area contributed by atoms with Crippen LogP contribution >= 0.6 is 12.4 Å². The summed E-state index contributed by atoms with van der Waals surface area (Å²) < 4.78 is 13.5. The molecule has 140 valence electrons. The van der Waals surface area contributed by atoms with Gasteiger partial charge in [-0.25, -0.2) is 4.39 Å². The fraction of sp³-hybridized carbons (Fsp3) is 0.476. The van der Waals surface area contributed by atoms with Gasteiger partial charge in [0.15, 0.2) is 0 Å². The summed E-state index contributed by atoms with van der Waals surface area (Å²) in [5.74, 6) is -0.391. The molecule has 5 heteroatoms. The zero-order chi connectivity index (χ0) is 17.3. The van der Waals surface area contributed by atoms with Crippen LogP contribution in [0.2, 0.25) is 0 Å². The predicted octanol–water partition coefficient (Wildman–Crippen LogP) is 4.35. The van der Waals surface area contributed by atoms with Crippen molar-refractivity contribution in [3.8, 4) is 0 Å². The van der Waals surface area contributed by atoms with Gasteiger partial charge < -0.3 is 10.4 Å². The number of hydrogen-bond donors (Lipinski definition) is 2. The molecule has 1 aromatic carbocycles. The third-order valence-electron chi connectivity index (χ3n) is 6.14. The topological polar surface area (TPSA) is 45.2 Å². The van der Waals surface area contributed by atoms with E-state index in [1.54, 1.807) is 6.20 Å². The number of rotatable bonds is 6. The van der Waals surface area contributed by atoms with E-state index in [0.29, 0.717) is 5.56 Å². The molecule has 2 aromatic rings. The molecule has 2 bridgehead atoms. The molecule has 3 nitrogen and oxygen atoms in total. The number of hydrogen-bond acceptors (Lipinski definition) is 3. The predicted molar refractivity (Wildman–Crippen MR) is 103 cm³/mol. The second-order valence-corrected chi connectivity index (χ2v) is 7.74. The van der Waals surface area contributed by atoms with Gasteiger partial charge in [0.2, 0.25) is 0 Å². The minimum absolute atomic E-state index is 0. The van der Waals surface area contributed by atoms with Crippen LogP contribution in [0.1, 0.15) is 55.8 Å². The Morgan fingerprint density at radius 2 is 1.85 bits per heavy atom. The Bertz CT molecular complexity index is 732. The number of nitrogens with one attached hydrogen (secondary N) is 1. The molecule has 0 radical (unpaired) electrons. The molecule has 0 amide bonds. The van der Waals surface area contributed by atoms with Crippen molar-refractivity contribution in [2.24, 2.45) is 0 Å². The minimum Gasteiger partial charge on any atom is -0.386 e. The van der Waals surface area contributed by atoms with Crippen LogP contribution in [0, 0.1) is 5.82 Å². The molecule has 2 N–H and O–H groups in total. The van der Waals surface area contributed by atoms with Gasteiger partial charge in [-0.05, 0) is 56.6 Å². The summed E-state index contributed by atoms with van der Waals surface area (Å²) in [6.07, 6.45) is 9.47. The molecular formula is C21H26ClFN2O. The van der Waals surface area contributed by atoms with Crippen molar-refractivity contribution in [3.05, 3.63) is 65.7 Å². The van der Waals surface area contributed by atoms with Gasteiger partial charge >= 0.3 is 0 Å². The Hall–Kier alpha value is -1.49. The quantitative estimate of drug-likeness (QED) is 0.787. The van der Waals surface area contributed by atoms with E-state index in [0.717, 1.165) is 44.9 Å². The van der Waals surface area contributed by atoms with Gasteiger partial charge in [0.1, 0.15) is 5.82 Å². The monoisotopic (exact) mass is 376 g/mol. The highest BCUT2D eigenvalue weighted by atomic mass is 35.5. The van der Waals surface area contributed by atoms with Gasteiger partial charge in [-0.2, -0.15) is 0 Å². The van der Waals surface area contributed by atoms with Crippen LogP contribution in [0.4, 0.5) is 4.39 Å². The lowest BCUT2D eigenvalue weighted by atomic mass is 9.76. The van der Waals surface area contributed by atoms with Crippen molar-refractivity contribution in [2.75, 3.05) is 0 Å². The summed E-state index contributed by atoms with van der Waals surface area (Å²) in [6.45, 7) is 0. The molecule has 2 saturated heterocycles. The number of halogens is 2. The van der Waals surface area contributed by atoms with Crippen molar-refractivity contribution in [1.29, 1.82) is 0 Å². The summed E-state index contributed by atoms with van der Waals surface area (Å²) in [7, 11) is 0. The van der Waals surface area contributed by atoms with Crippen LogP contribution < -0.4 is 5.32 Å². The molecule has 0 aliphatic carbocycles.